The van der Waals surface area contributed by atoms with Crippen LogP contribution in [0.2, 0.25) is 0 Å². The predicted molar refractivity (Wildman–Crippen MR) is 129 cm³/mol. The molecule has 0 bridgehead atoms. The van der Waals surface area contributed by atoms with Gasteiger partial charge in [0.1, 0.15) is 0 Å². The first-order valence-electron chi connectivity index (χ1n) is 10.3. The van der Waals surface area contributed by atoms with Crippen LogP contribution in [0.3, 0.4) is 0 Å². The van der Waals surface area contributed by atoms with Crippen LogP contribution in [-0.2, 0) is 10.0 Å². The third kappa shape index (κ3) is 4.99. The standard InChI is InChI=1S/C23H28N2O5S2/c1-5-6-7-12-24-23(26)22-14-16-13-17(8-11-21(16)31-22)25(2)32(27,28)18-9-10-19(29-3)20(15-18)30-4/h8-11,13-15H,5-7,12H2,1-4H3,(H,24,26). The normalized spacial score (nSPS) is 11.4. The molecule has 3 rings (SSSR count). The molecule has 32 heavy (non-hydrogen) atoms. The van der Waals surface area contributed by atoms with Gasteiger partial charge in [-0.3, -0.25) is 9.10 Å². The molecule has 1 N–H and O–H groups in total. The maximum atomic E-state index is 13.2. The lowest BCUT2D eigenvalue weighted by atomic mass is 10.2. The highest BCUT2D eigenvalue weighted by atomic mass is 32.2. The van der Waals surface area contributed by atoms with E-state index in [4.69, 9.17) is 9.47 Å². The summed E-state index contributed by atoms with van der Waals surface area (Å²) in [5.74, 6) is 0.689. The fourth-order valence-corrected chi connectivity index (χ4v) is 5.44. The van der Waals surface area contributed by atoms with Crippen molar-refractivity contribution >= 4 is 43.0 Å². The van der Waals surface area contributed by atoms with Crippen LogP contribution >= 0.6 is 11.3 Å². The van der Waals surface area contributed by atoms with Gasteiger partial charge in [0, 0.05) is 24.4 Å². The van der Waals surface area contributed by atoms with Gasteiger partial charge in [0.2, 0.25) is 0 Å². The number of nitrogens with one attached hydrogen (secondary N) is 1. The van der Waals surface area contributed by atoms with Crippen LogP contribution in [0.25, 0.3) is 10.1 Å². The van der Waals surface area contributed by atoms with E-state index in [0.717, 1.165) is 29.3 Å². The lowest BCUT2D eigenvalue weighted by Gasteiger charge is -2.20. The lowest BCUT2D eigenvalue weighted by Crippen LogP contribution is -2.26. The monoisotopic (exact) mass is 476 g/mol. The second-order valence-electron chi connectivity index (χ2n) is 7.29. The molecule has 0 aliphatic rings. The number of thiophene rings is 1. The molecule has 0 unspecified atom stereocenters. The van der Waals surface area contributed by atoms with E-state index in [0.29, 0.717) is 28.6 Å². The van der Waals surface area contributed by atoms with E-state index in [9.17, 15) is 13.2 Å². The molecule has 0 fully saturated rings. The summed E-state index contributed by atoms with van der Waals surface area (Å²) in [6.07, 6.45) is 3.13. The molecule has 9 heteroatoms. The molecule has 0 aliphatic carbocycles. The van der Waals surface area contributed by atoms with E-state index in [1.54, 1.807) is 24.3 Å². The number of rotatable bonds is 10. The van der Waals surface area contributed by atoms with E-state index in [1.165, 1.54) is 49.0 Å². The smallest absolute Gasteiger partial charge is 0.264 e. The van der Waals surface area contributed by atoms with Crippen molar-refractivity contribution in [2.45, 2.75) is 31.1 Å². The first kappa shape index (κ1) is 23.9. The highest BCUT2D eigenvalue weighted by molar-refractivity contribution is 7.92. The van der Waals surface area contributed by atoms with Gasteiger partial charge in [-0.15, -0.1) is 11.3 Å². The zero-order valence-electron chi connectivity index (χ0n) is 18.7. The first-order chi connectivity index (χ1) is 15.3. The van der Waals surface area contributed by atoms with Crippen LogP contribution in [0, 0.1) is 0 Å². The second kappa shape index (κ2) is 10.2. The van der Waals surface area contributed by atoms with E-state index >= 15 is 0 Å². The Kier molecular flexibility index (Phi) is 7.63. The number of fused-ring (bicyclic) bond motifs is 1. The Labute approximate surface area is 193 Å². The van der Waals surface area contributed by atoms with Crippen molar-refractivity contribution in [2.24, 2.45) is 0 Å². The van der Waals surface area contributed by atoms with Crippen molar-refractivity contribution in [3.8, 4) is 11.5 Å². The van der Waals surface area contributed by atoms with E-state index < -0.39 is 10.0 Å². The third-order valence-electron chi connectivity index (χ3n) is 5.17. The van der Waals surface area contributed by atoms with Crippen molar-refractivity contribution in [3.63, 3.8) is 0 Å². The average Bonchev–Trinajstić information content (AvgIpc) is 3.24. The highest BCUT2D eigenvalue weighted by Gasteiger charge is 2.23. The van der Waals surface area contributed by atoms with E-state index in [2.05, 4.69) is 12.2 Å². The van der Waals surface area contributed by atoms with Gasteiger partial charge >= 0.3 is 0 Å². The van der Waals surface area contributed by atoms with Crippen LogP contribution < -0.4 is 19.1 Å². The highest BCUT2D eigenvalue weighted by Crippen LogP contribution is 2.34. The number of hydrogen-bond acceptors (Lipinski definition) is 6. The Balaban J connectivity index is 1.85. The molecular formula is C23H28N2O5S2. The third-order valence-corrected chi connectivity index (χ3v) is 8.06. The molecule has 0 radical (unpaired) electrons. The number of nitrogens with zero attached hydrogens (tertiary/aromatic N) is 1. The zero-order valence-corrected chi connectivity index (χ0v) is 20.3. The minimum atomic E-state index is -3.82. The molecular weight excluding hydrogens is 448 g/mol. The minimum absolute atomic E-state index is 0.0928. The van der Waals surface area contributed by atoms with Gasteiger partial charge in [-0.1, -0.05) is 19.8 Å². The quantitative estimate of drug-likeness (QED) is 0.430. The topological polar surface area (TPSA) is 84.9 Å². The fourth-order valence-electron chi connectivity index (χ4n) is 3.28. The van der Waals surface area contributed by atoms with Crippen LogP contribution in [-0.4, -0.2) is 42.1 Å². The second-order valence-corrected chi connectivity index (χ2v) is 10.3. The molecule has 0 saturated carbocycles. The molecule has 1 amide bonds. The molecule has 1 aromatic heterocycles. The maximum absolute atomic E-state index is 13.2. The van der Waals surface area contributed by atoms with Gasteiger partial charge in [0.05, 0.1) is 29.7 Å². The number of carbonyl (C=O) groups is 1. The van der Waals surface area contributed by atoms with Gasteiger partial charge in [-0.05, 0) is 48.2 Å². The maximum Gasteiger partial charge on any atom is 0.264 e. The number of hydrogen-bond donors (Lipinski definition) is 1. The predicted octanol–water partition coefficient (Wildman–Crippen LogP) is 4.66. The van der Waals surface area contributed by atoms with Gasteiger partial charge in [-0.25, -0.2) is 8.42 Å². The van der Waals surface area contributed by atoms with Gasteiger partial charge < -0.3 is 14.8 Å². The summed E-state index contributed by atoms with van der Waals surface area (Å²) in [5, 5.41) is 3.76. The molecule has 172 valence electrons. The van der Waals surface area contributed by atoms with E-state index in [-0.39, 0.29) is 10.8 Å². The Morgan fingerprint density at radius 1 is 1.03 bits per heavy atom. The summed E-state index contributed by atoms with van der Waals surface area (Å²) in [6.45, 7) is 2.77. The molecule has 0 spiro atoms. The average molecular weight is 477 g/mol. The summed E-state index contributed by atoms with van der Waals surface area (Å²) in [4.78, 5) is 13.1. The lowest BCUT2D eigenvalue weighted by molar-refractivity contribution is 0.0957. The summed E-state index contributed by atoms with van der Waals surface area (Å²) in [5.41, 5.74) is 0.500. The number of sulfonamides is 1. The molecule has 1 heterocycles. The van der Waals surface area contributed by atoms with Crippen molar-refractivity contribution in [2.75, 3.05) is 32.1 Å². The van der Waals surface area contributed by atoms with Crippen LogP contribution in [0.5, 0.6) is 11.5 Å². The molecule has 0 atom stereocenters. The Morgan fingerprint density at radius 3 is 2.47 bits per heavy atom. The number of ether oxygens (including phenoxy) is 2. The number of benzene rings is 2. The van der Waals surface area contributed by atoms with Crippen molar-refractivity contribution < 1.29 is 22.7 Å². The SMILES string of the molecule is CCCCCNC(=O)c1cc2cc(N(C)S(=O)(=O)c3ccc(OC)c(OC)c3)ccc2s1. The first-order valence-corrected chi connectivity index (χ1v) is 12.6. The Morgan fingerprint density at radius 2 is 1.78 bits per heavy atom. The van der Waals surface area contributed by atoms with Crippen LogP contribution in [0.4, 0.5) is 5.69 Å². The molecule has 2 aromatic carbocycles. The van der Waals surface area contributed by atoms with Crippen LogP contribution in [0.15, 0.2) is 47.4 Å². The van der Waals surface area contributed by atoms with Gasteiger partial charge in [-0.2, -0.15) is 0 Å². The fraction of sp³-hybridized carbons (Fsp3) is 0.348. The van der Waals surface area contributed by atoms with Gasteiger partial charge in [0.15, 0.2) is 11.5 Å². The number of methoxy groups -OCH3 is 2. The minimum Gasteiger partial charge on any atom is -0.493 e. The Bertz CT molecular complexity index is 1200. The van der Waals surface area contributed by atoms with Crippen molar-refractivity contribution in [1.82, 2.24) is 5.32 Å². The van der Waals surface area contributed by atoms with Crippen molar-refractivity contribution in [1.29, 1.82) is 0 Å². The summed E-state index contributed by atoms with van der Waals surface area (Å²) >= 11 is 1.39. The van der Waals surface area contributed by atoms with E-state index in [1.807, 2.05) is 6.07 Å². The summed E-state index contributed by atoms with van der Waals surface area (Å²) < 4.78 is 38.9. The molecule has 0 saturated heterocycles. The largest absolute Gasteiger partial charge is 0.493 e. The Hall–Kier alpha value is -2.78. The molecule has 0 aliphatic heterocycles. The number of anilines is 1. The van der Waals surface area contributed by atoms with Crippen LogP contribution in [0.1, 0.15) is 35.9 Å². The summed E-state index contributed by atoms with van der Waals surface area (Å²) in [7, 11) is 0.630. The number of amides is 1. The molecule has 7 nitrogen and oxygen atoms in total. The number of carbonyl (C=O) groups excluding carboxylic acids is 1. The molecule has 3 aromatic rings. The zero-order chi connectivity index (χ0) is 23.3. The van der Waals surface area contributed by atoms with Gasteiger partial charge in [0.25, 0.3) is 15.9 Å². The van der Waals surface area contributed by atoms with Crippen molar-refractivity contribution in [3.05, 3.63) is 47.3 Å². The number of unbranched alkanes of at least 4 members (excludes halogenated alkanes) is 2. The summed E-state index contributed by atoms with van der Waals surface area (Å²) in [6, 6.07) is 11.6.